The predicted molar refractivity (Wildman–Crippen MR) is 128 cm³/mol. The van der Waals surface area contributed by atoms with E-state index >= 15 is 0 Å². The number of nitrogens with zero attached hydrogens (tertiary/aromatic N) is 4. The molecule has 0 unspecified atom stereocenters. The molecule has 1 N–H and O–H groups in total. The van der Waals surface area contributed by atoms with E-state index in [2.05, 4.69) is 5.10 Å². The molecule has 0 bridgehead atoms. The van der Waals surface area contributed by atoms with Gasteiger partial charge >= 0.3 is 5.97 Å². The molecule has 1 aromatic heterocycles. The molecule has 8 nitrogen and oxygen atoms in total. The molecule has 0 amide bonds. The van der Waals surface area contributed by atoms with Gasteiger partial charge in [0, 0.05) is 37.8 Å². The summed E-state index contributed by atoms with van der Waals surface area (Å²) in [4.78, 5) is 12.1. The van der Waals surface area contributed by atoms with E-state index in [4.69, 9.17) is 23.2 Å². The molecule has 2 heterocycles. The number of halogens is 3. The Balaban J connectivity index is 2.00. The molecular weight excluding hydrogens is 506 g/mol. The second-order valence-electron chi connectivity index (χ2n) is 7.77. The van der Waals surface area contributed by atoms with Crippen molar-refractivity contribution in [2.45, 2.75) is 6.54 Å². The minimum Gasteiger partial charge on any atom is -0.476 e. The minimum absolute atomic E-state index is 0.0686. The number of carbonyl (C=O) groups is 1. The van der Waals surface area contributed by atoms with E-state index in [1.807, 2.05) is 0 Å². The molecule has 0 atom stereocenters. The van der Waals surface area contributed by atoms with Crippen molar-refractivity contribution in [3.8, 4) is 5.69 Å². The fourth-order valence-electron chi connectivity index (χ4n) is 3.69. The summed E-state index contributed by atoms with van der Waals surface area (Å²) in [6, 6.07) is 10.3. The van der Waals surface area contributed by atoms with Gasteiger partial charge in [-0.05, 0) is 47.5 Å². The van der Waals surface area contributed by atoms with Crippen LogP contribution in [0, 0.1) is 5.82 Å². The molecule has 3 aromatic rings. The van der Waals surface area contributed by atoms with Crippen molar-refractivity contribution in [3.05, 3.63) is 80.8 Å². The normalized spacial score (nSPS) is 15.6. The first-order valence-electron chi connectivity index (χ1n) is 9.93. The predicted octanol–water partition coefficient (Wildman–Crippen LogP) is 4.18. The molecule has 0 aliphatic carbocycles. The highest BCUT2D eigenvalue weighted by molar-refractivity contribution is 7.86. The summed E-state index contributed by atoms with van der Waals surface area (Å²) in [7, 11) is -1.11. The lowest BCUT2D eigenvalue weighted by Crippen LogP contribution is -2.42. The van der Waals surface area contributed by atoms with Crippen LogP contribution in [-0.2, 0) is 16.8 Å². The zero-order valence-electron chi connectivity index (χ0n) is 18.0. The molecule has 4 rings (SSSR count). The van der Waals surface area contributed by atoms with E-state index in [0.29, 0.717) is 27.5 Å². The highest BCUT2D eigenvalue weighted by Crippen LogP contribution is 2.36. The lowest BCUT2D eigenvalue weighted by atomic mass is 9.99. The Kier molecular flexibility index (Phi) is 6.54. The number of rotatable bonds is 5. The van der Waals surface area contributed by atoms with Gasteiger partial charge in [0.05, 0.1) is 16.4 Å². The van der Waals surface area contributed by atoms with Gasteiger partial charge in [-0.1, -0.05) is 35.3 Å². The highest BCUT2D eigenvalue weighted by atomic mass is 35.5. The quantitative estimate of drug-likeness (QED) is 0.540. The minimum atomic E-state index is -3.89. The summed E-state index contributed by atoms with van der Waals surface area (Å²) in [5.74, 6) is -1.74. The zero-order valence-corrected chi connectivity index (χ0v) is 20.4. The Morgan fingerprint density at radius 1 is 1.15 bits per heavy atom. The van der Waals surface area contributed by atoms with Crippen molar-refractivity contribution in [2.75, 3.05) is 20.6 Å². The molecule has 0 saturated carbocycles. The summed E-state index contributed by atoms with van der Waals surface area (Å²) in [6.45, 7) is -0.274. The molecule has 0 spiro atoms. The van der Waals surface area contributed by atoms with E-state index in [-0.39, 0.29) is 29.4 Å². The average molecular weight is 525 g/mol. The van der Waals surface area contributed by atoms with Crippen molar-refractivity contribution < 1.29 is 22.7 Å². The Bertz CT molecular complexity index is 1420. The molecule has 2 aromatic carbocycles. The van der Waals surface area contributed by atoms with Crippen LogP contribution < -0.4 is 0 Å². The number of hydrogen-bond acceptors (Lipinski definition) is 4. The van der Waals surface area contributed by atoms with Gasteiger partial charge in [0.2, 0.25) is 0 Å². The number of fused-ring (bicyclic) bond motifs is 1. The van der Waals surface area contributed by atoms with Gasteiger partial charge in [-0.25, -0.2) is 13.9 Å². The van der Waals surface area contributed by atoms with Gasteiger partial charge in [-0.2, -0.15) is 22.1 Å². The number of carboxylic acids is 1. The molecule has 0 fully saturated rings. The van der Waals surface area contributed by atoms with Crippen molar-refractivity contribution >= 4 is 51.0 Å². The first-order chi connectivity index (χ1) is 16.0. The van der Waals surface area contributed by atoms with E-state index in [0.717, 1.165) is 8.61 Å². The van der Waals surface area contributed by atoms with E-state index < -0.39 is 22.0 Å². The van der Waals surface area contributed by atoms with Gasteiger partial charge in [0.1, 0.15) is 5.82 Å². The van der Waals surface area contributed by atoms with Crippen LogP contribution >= 0.6 is 23.2 Å². The van der Waals surface area contributed by atoms with Gasteiger partial charge < -0.3 is 5.11 Å². The van der Waals surface area contributed by atoms with Gasteiger partial charge in [0.25, 0.3) is 10.2 Å². The van der Waals surface area contributed by atoms with Gasteiger partial charge in [0.15, 0.2) is 5.69 Å². The molecule has 34 heavy (non-hydrogen) atoms. The first-order valence-corrected chi connectivity index (χ1v) is 12.1. The third-order valence-electron chi connectivity index (χ3n) is 5.31. The molecule has 178 valence electrons. The molecule has 1 aliphatic heterocycles. The molecule has 12 heteroatoms. The SMILES string of the molecule is CN(C)S(=O)(=O)N1C/C(=C\c2ccc(F)cc2)c2c(c(C(=O)O)nn2-c2ccc(Cl)cc2Cl)C1. The average Bonchev–Trinajstić information content (AvgIpc) is 3.15. The molecular formula is C22H19Cl2FN4O4S. The third kappa shape index (κ3) is 4.47. The Morgan fingerprint density at radius 3 is 2.41 bits per heavy atom. The van der Waals surface area contributed by atoms with Crippen LogP contribution in [0.4, 0.5) is 4.39 Å². The smallest absolute Gasteiger partial charge is 0.356 e. The second kappa shape index (κ2) is 9.12. The van der Waals surface area contributed by atoms with Crippen LogP contribution in [-0.4, -0.2) is 58.5 Å². The zero-order chi connectivity index (χ0) is 24.8. The second-order valence-corrected chi connectivity index (χ2v) is 10.8. The maximum Gasteiger partial charge on any atom is 0.356 e. The largest absolute Gasteiger partial charge is 0.476 e. The van der Waals surface area contributed by atoms with Gasteiger partial charge in [-0.3, -0.25) is 0 Å². The Labute approximate surface area is 205 Å². The standard InChI is InChI=1S/C22H19Cl2FN4O4S/c1-27(2)34(32,33)28-11-14(9-13-3-6-16(25)7-4-13)21-17(12-28)20(22(30)31)26-29(21)19-8-5-15(23)10-18(19)24/h3-10H,11-12H2,1-2H3,(H,30,31)/b14-9+. The monoisotopic (exact) mass is 524 g/mol. The van der Waals surface area contributed by atoms with E-state index in [9.17, 15) is 22.7 Å². The fraction of sp³-hybridized carbons (Fsp3) is 0.182. The highest BCUT2D eigenvalue weighted by Gasteiger charge is 2.37. The van der Waals surface area contributed by atoms with Crippen LogP contribution in [0.1, 0.15) is 27.3 Å². The van der Waals surface area contributed by atoms with Crippen LogP contribution in [0.5, 0.6) is 0 Å². The lowest BCUT2D eigenvalue weighted by molar-refractivity contribution is 0.0688. The summed E-state index contributed by atoms with van der Waals surface area (Å²) in [5, 5.41) is 14.7. The van der Waals surface area contributed by atoms with E-state index in [1.54, 1.807) is 18.2 Å². The number of aromatic nitrogens is 2. The van der Waals surface area contributed by atoms with Crippen molar-refractivity contribution in [2.24, 2.45) is 0 Å². The van der Waals surface area contributed by atoms with E-state index in [1.165, 1.54) is 49.1 Å². The van der Waals surface area contributed by atoms with Gasteiger partial charge in [-0.15, -0.1) is 0 Å². The summed E-state index contributed by atoms with van der Waals surface area (Å²) in [5.41, 5.74) is 1.75. The van der Waals surface area contributed by atoms with Crippen LogP contribution in [0.15, 0.2) is 42.5 Å². The maximum absolute atomic E-state index is 13.4. The molecule has 1 aliphatic rings. The number of hydrogen-bond donors (Lipinski definition) is 1. The maximum atomic E-state index is 13.4. The van der Waals surface area contributed by atoms with Crippen molar-refractivity contribution in [1.29, 1.82) is 0 Å². The van der Waals surface area contributed by atoms with Crippen LogP contribution in [0.2, 0.25) is 10.0 Å². The third-order valence-corrected chi connectivity index (χ3v) is 7.68. The van der Waals surface area contributed by atoms with Crippen molar-refractivity contribution in [1.82, 2.24) is 18.4 Å². The number of aromatic carboxylic acids is 1. The summed E-state index contributed by atoms with van der Waals surface area (Å²) < 4.78 is 42.9. The molecule has 0 radical (unpaired) electrons. The first kappa shape index (κ1) is 24.4. The lowest BCUT2D eigenvalue weighted by Gasteiger charge is -2.31. The summed E-state index contributed by atoms with van der Waals surface area (Å²) >= 11 is 12.4. The number of benzene rings is 2. The summed E-state index contributed by atoms with van der Waals surface area (Å²) in [6.07, 6.45) is 1.67. The Morgan fingerprint density at radius 2 is 1.82 bits per heavy atom. The van der Waals surface area contributed by atoms with Crippen LogP contribution in [0.25, 0.3) is 17.3 Å². The van der Waals surface area contributed by atoms with Crippen molar-refractivity contribution in [3.63, 3.8) is 0 Å². The van der Waals surface area contributed by atoms with Crippen LogP contribution in [0.3, 0.4) is 0 Å². The number of carboxylic acid groups (broad SMARTS) is 1. The topological polar surface area (TPSA) is 95.7 Å². The fourth-order valence-corrected chi connectivity index (χ4v) is 5.24. The Hall–Kier alpha value is -2.76. The molecule has 0 saturated heterocycles.